The summed E-state index contributed by atoms with van der Waals surface area (Å²) in [6, 6.07) is 5.31. The first-order valence-corrected chi connectivity index (χ1v) is 5.87. The lowest BCUT2D eigenvalue weighted by molar-refractivity contribution is -0.120. The third-order valence-electron chi connectivity index (χ3n) is 3.34. The molecule has 1 aliphatic carbocycles. The van der Waals surface area contributed by atoms with Crippen LogP contribution in [-0.4, -0.2) is 10.9 Å². The number of nitrogens with one attached hydrogen (secondary N) is 1. The van der Waals surface area contributed by atoms with E-state index in [9.17, 15) is 4.79 Å². The number of nitriles is 1. The highest BCUT2D eigenvalue weighted by molar-refractivity contribution is 5.92. The van der Waals surface area contributed by atoms with Gasteiger partial charge in [-0.05, 0) is 30.9 Å². The van der Waals surface area contributed by atoms with Gasteiger partial charge in [-0.2, -0.15) is 5.26 Å². The van der Waals surface area contributed by atoms with Gasteiger partial charge in [0.25, 0.3) is 0 Å². The average molecular weight is 229 g/mol. The van der Waals surface area contributed by atoms with Crippen LogP contribution in [0.25, 0.3) is 0 Å². The molecule has 1 aromatic heterocycles. The van der Waals surface area contributed by atoms with E-state index in [-0.39, 0.29) is 11.8 Å². The molecule has 4 heteroatoms. The first-order valence-electron chi connectivity index (χ1n) is 5.87. The molecule has 0 saturated heterocycles. The van der Waals surface area contributed by atoms with E-state index in [1.54, 1.807) is 12.1 Å². The molecule has 2 rings (SSSR count). The van der Waals surface area contributed by atoms with Gasteiger partial charge < -0.3 is 5.32 Å². The van der Waals surface area contributed by atoms with Crippen molar-refractivity contribution in [2.24, 2.45) is 11.8 Å². The van der Waals surface area contributed by atoms with Crippen molar-refractivity contribution < 1.29 is 4.79 Å². The minimum absolute atomic E-state index is 0.0483. The molecule has 1 heterocycles. The third kappa shape index (κ3) is 2.62. The molecule has 0 spiro atoms. The monoisotopic (exact) mass is 229 g/mol. The minimum atomic E-state index is 0.0483. The summed E-state index contributed by atoms with van der Waals surface area (Å²) in [6.45, 7) is 2.11. The second kappa shape index (κ2) is 4.96. The topological polar surface area (TPSA) is 65.8 Å². The Morgan fingerprint density at radius 1 is 1.53 bits per heavy atom. The van der Waals surface area contributed by atoms with Crippen LogP contribution in [0.3, 0.4) is 0 Å². The average Bonchev–Trinajstić information content (AvgIpc) is 2.76. The van der Waals surface area contributed by atoms with Crippen molar-refractivity contribution >= 4 is 11.7 Å². The molecule has 1 aliphatic rings. The number of hydrogen-bond donors (Lipinski definition) is 1. The standard InChI is InChI=1S/C13H15N3O/c1-9-3-2-4-11(9)13(17)16-12-6-5-10(7-14)8-15-12/h5-6,8-9,11H,2-4H2,1H3,(H,15,16,17). The molecular formula is C13H15N3O. The quantitative estimate of drug-likeness (QED) is 0.846. The molecule has 1 N–H and O–H groups in total. The second-order valence-electron chi connectivity index (χ2n) is 4.55. The van der Waals surface area contributed by atoms with Crippen molar-refractivity contribution in [2.45, 2.75) is 26.2 Å². The van der Waals surface area contributed by atoms with Gasteiger partial charge in [0, 0.05) is 12.1 Å². The van der Waals surface area contributed by atoms with E-state index in [1.807, 2.05) is 6.07 Å². The second-order valence-corrected chi connectivity index (χ2v) is 4.55. The molecular weight excluding hydrogens is 214 g/mol. The van der Waals surface area contributed by atoms with E-state index in [0.717, 1.165) is 19.3 Å². The number of hydrogen-bond acceptors (Lipinski definition) is 3. The zero-order valence-electron chi connectivity index (χ0n) is 9.81. The van der Waals surface area contributed by atoms with E-state index < -0.39 is 0 Å². The molecule has 2 unspecified atom stereocenters. The molecule has 2 atom stereocenters. The predicted molar refractivity (Wildman–Crippen MR) is 64.1 cm³/mol. The fraction of sp³-hybridized carbons (Fsp3) is 0.462. The van der Waals surface area contributed by atoms with Gasteiger partial charge in [-0.1, -0.05) is 13.3 Å². The Bertz CT molecular complexity index is 447. The van der Waals surface area contributed by atoms with Gasteiger partial charge in [-0.3, -0.25) is 4.79 Å². The fourth-order valence-electron chi connectivity index (χ4n) is 2.29. The Hall–Kier alpha value is -1.89. The lowest BCUT2D eigenvalue weighted by atomic mass is 9.97. The van der Waals surface area contributed by atoms with Crippen LogP contribution in [0.2, 0.25) is 0 Å². The Labute approximate surface area is 101 Å². The van der Waals surface area contributed by atoms with Crippen LogP contribution >= 0.6 is 0 Å². The van der Waals surface area contributed by atoms with E-state index in [2.05, 4.69) is 17.2 Å². The number of anilines is 1. The van der Waals surface area contributed by atoms with Crippen LogP contribution in [0.4, 0.5) is 5.82 Å². The summed E-state index contributed by atoms with van der Waals surface area (Å²) >= 11 is 0. The molecule has 1 saturated carbocycles. The summed E-state index contributed by atoms with van der Waals surface area (Å²) in [5.41, 5.74) is 0.497. The summed E-state index contributed by atoms with van der Waals surface area (Å²) in [4.78, 5) is 16.0. The largest absolute Gasteiger partial charge is 0.310 e. The molecule has 0 aliphatic heterocycles. The van der Waals surface area contributed by atoms with E-state index in [0.29, 0.717) is 17.3 Å². The van der Waals surface area contributed by atoms with Gasteiger partial charge in [-0.25, -0.2) is 4.98 Å². The fourth-order valence-corrected chi connectivity index (χ4v) is 2.29. The molecule has 88 valence electrons. The number of nitrogens with zero attached hydrogens (tertiary/aromatic N) is 2. The predicted octanol–water partition coefficient (Wildman–Crippen LogP) is 2.33. The van der Waals surface area contributed by atoms with Crippen LogP contribution in [-0.2, 0) is 4.79 Å². The Balaban J connectivity index is 2.00. The van der Waals surface area contributed by atoms with Gasteiger partial charge in [0.05, 0.1) is 5.56 Å². The molecule has 1 aromatic rings. The number of pyridine rings is 1. The smallest absolute Gasteiger partial charge is 0.228 e. The normalized spacial score (nSPS) is 23.1. The molecule has 0 bridgehead atoms. The van der Waals surface area contributed by atoms with Crippen LogP contribution in [0.5, 0.6) is 0 Å². The maximum atomic E-state index is 12.0. The SMILES string of the molecule is CC1CCCC1C(=O)Nc1ccc(C#N)cn1. The Morgan fingerprint density at radius 2 is 2.35 bits per heavy atom. The van der Waals surface area contributed by atoms with E-state index in [1.165, 1.54) is 6.20 Å². The molecule has 17 heavy (non-hydrogen) atoms. The molecule has 0 aromatic carbocycles. The highest BCUT2D eigenvalue weighted by Gasteiger charge is 2.29. The van der Waals surface area contributed by atoms with Crippen LogP contribution < -0.4 is 5.32 Å². The summed E-state index contributed by atoms with van der Waals surface area (Å²) in [5.74, 6) is 1.13. The van der Waals surface area contributed by atoms with Gasteiger partial charge >= 0.3 is 0 Å². The molecule has 1 amide bonds. The summed E-state index contributed by atoms with van der Waals surface area (Å²) in [6.07, 6.45) is 4.68. The van der Waals surface area contributed by atoms with Gasteiger partial charge in [-0.15, -0.1) is 0 Å². The summed E-state index contributed by atoms with van der Waals surface area (Å²) in [5, 5.41) is 11.4. The first kappa shape index (κ1) is 11.6. The maximum Gasteiger partial charge on any atom is 0.228 e. The van der Waals surface area contributed by atoms with Gasteiger partial charge in [0.15, 0.2) is 0 Å². The van der Waals surface area contributed by atoms with Crippen LogP contribution in [0, 0.1) is 23.2 Å². The Kier molecular flexibility index (Phi) is 3.38. The first-order chi connectivity index (χ1) is 8.20. The lowest BCUT2D eigenvalue weighted by Crippen LogP contribution is -2.24. The molecule has 0 radical (unpaired) electrons. The highest BCUT2D eigenvalue weighted by atomic mass is 16.2. The van der Waals surface area contributed by atoms with E-state index >= 15 is 0 Å². The molecule has 4 nitrogen and oxygen atoms in total. The van der Waals surface area contributed by atoms with Crippen molar-refractivity contribution in [1.82, 2.24) is 4.98 Å². The maximum absolute atomic E-state index is 12.0. The van der Waals surface area contributed by atoms with Crippen molar-refractivity contribution in [3.05, 3.63) is 23.9 Å². The van der Waals surface area contributed by atoms with Crippen molar-refractivity contribution in [2.75, 3.05) is 5.32 Å². The minimum Gasteiger partial charge on any atom is -0.310 e. The van der Waals surface area contributed by atoms with Crippen molar-refractivity contribution in [3.8, 4) is 6.07 Å². The van der Waals surface area contributed by atoms with Gasteiger partial charge in [0.2, 0.25) is 5.91 Å². The van der Waals surface area contributed by atoms with Crippen LogP contribution in [0.15, 0.2) is 18.3 Å². The lowest BCUT2D eigenvalue weighted by Gasteiger charge is -2.14. The summed E-state index contributed by atoms with van der Waals surface area (Å²) in [7, 11) is 0. The number of carbonyl (C=O) groups is 1. The number of aromatic nitrogens is 1. The summed E-state index contributed by atoms with van der Waals surface area (Å²) < 4.78 is 0. The number of rotatable bonds is 2. The van der Waals surface area contributed by atoms with Gasteiger partial charge in [0.1, 0.15) is 11.9 Å². The molecule has 1 fully saturated rings. The number of carbonyl (C=O) groups excluding carboxylic acids is 1. The number of amides is 1. The highest BCUT2D eigenvalue weighted by Crippen LogP contribution is 2.31. The van der Waals surface area contributed by atoms with E-state index in [4.69, 9.17) is 5.26 Å². The zero-order chi connectivity index (χ0) is 12.3. The van der Waals surface area contributed by atoms with Crippen molar-refractivity contribution in [3.63, 3.8) is 0 Å². The zero-order valence-corrected chi connectivity index (χ0v) is 9.81. The van der Waals surface area contributed by atoms with Crippen molar-refractivity contribution in [1.29, 1.82) is 5.26 Å². The Morgan fingerprint density at radius 3 is 2.88 bits per heavy atom. The third-order valence-corrected chi connectivity index (χ3v) is 3.34. The van der Waals surface area contributed by atoms with Crippen LogP contribution in [0.1, 0.15) is 31.7 Å².